The van der Waals surface area contributed by atoms with Crippen molar-refractivity contribution < 1.29 is 18.2 Å². The van der Waals surface area contributed by atoms with E-state index in [-0.39, 0.29) is 11.8 Å². The van der Waals surface area contributed by atoms with Crippen LogP contribution >= 0.6 is 9.19 Å². The Hall–Kier alpha value is -4.38. The van der Waals surface area contributed by atoms with Crippen LogP contribution in [0.4, 0.5) is 5.82 Å². The fraction of sp³-hybridized carbons (Fsp3) is 0.178. The number of halogens is 1. The molecule has 1 aliphatic heterocycles. The van der Waals surface area contributed by atoms with Gasteiger partial charge in [0.05, 0.1) is 0 Å². The molecule has 0 bridgehead atoms. The molecule has 2 aromatic heterocycles. The molecule has 0 aliphatic carbocycles. The molecule has 7 aromatic rings. The SMILES string of the molecule is Cc1cc(C(c2ccccc2)c2ccccc2)c(-n2cc3cccc(N4CCCCC4)n3[c]2=[Au][Cl])c(C(c2ccccc2)c2ccccc2)c1. The fourth-order valence-electron chi connectivity index (χ4n) is 7.90. The van der Waals surface area contributed by atoms with Gasteiger partial charge in [0.1, 0.15) is 0 Å². The Morgan fingerprint density at radius 2 is 1.02 bits per heavy atom. The summed E-state index contributed by atoms with van der Waals surface area (Å²) in [5.41, 5.74) is 11.3. The van der Waals surface area contributed by atoms with Gasteiger partial charge in [0.15, 0.2) is 0 Å². The third-order valence-electron chi connectivity index (χ3n) is 10.0. The van der Waals surface area contributed by atoms with Gasteiger partial charge in [0.2, 0.25) is 0 Å². The van der Waals surface area contributed by atoms with E-state index in [1.54, 1.807) is 0 Å². The van der Waals surface area contributed by atoms with Crippen LogP contribution in [-0.2, 0) is 18.2 Å². The topological polar surface area (TPSA) is 12.6 Å². The maximum atomic E-state index is 7.21. The Morgan fingerprint density at radius 1 is 0.560 bits per heavy atom. The van der Waals surface area contributed by atoms with E-state index < -0.39 is 18.2 Å². The number of pyridine rings is 1. The molecule has 0 amide bonds. The molecule has 1 saturated heterocycles. The van der Waals surface area contributed by atoms with Gasteiger partial charge in [-0.15, -0.1) is 0 Å². The van der Waals surface area contributed by atoms with Gasteiger partial charge in [0, 0.05) is 0 Å². The molecular weight excluding hydrogens is 815 g/mol. The molecule has 5 aromatic carbocycles. The number of hydrogen-bond acceptors (Lipinski definition) is 1. The first-order valence-electron chi connectivity index (χ1n) is 17.6. The summed E-state index contributed by atoms with van der Waals surface area (Å²) >= 11 is -0.721. The molecule has 0 radical (unpaired) electrons. The van der Waals surface area contributed by atoms with Crippen molar-refractivity contribution >= 4 is 20.5 Å². The van der Waals surface area contributed by atoms with Gasteiger partial charge >= 0.3 is 310 Å². The van der Waals surface area contributed by atoms with Gasteiger partial charge < -0.3 is 0 Å². The number of aryl methyl sites for hydroxylation is 1. The van der Waals surface area contributed by atoms with E-state index in [0.717, 1.165) is 16.7 Å². The van der Waals surface area contributed by atoms with Crippen molar-refractivity contribution in [2.75, 3.05) is 18.0 Å². The molecular formula is C45H41AuClN3. The van der Waals surface area contributed by atoms with Crippen molar-refractivity contribution in [1.82, 2.24) is 8.97 Å². The van der Waals surface area contributed by atoms with E-state index in [2.05, 4.69) is 179 Å². The van der Waals surface area contributed by atoms with Crippen molar-refractivity contribution in [2.24, 2.45) is 0 Å². The Morgan fingerprint density at radius 3 is 1.46 bits per heavy atom. The molecule has 0 saturated carbocycles. The number of fused-ring (bicyclic) bond motifs is 1. The van der Waals surface area contributed by atoms with E-state index in [1.807, 2.05) is 0 Å². The first kappa shape index (κ1) is 32.8. The first-order chi connectivity index (χ1) is 24.7. The second kappa shape index (κ2) is 14.8. The second-order valence-electron chi connectivity index (χ2n) is 13.3. The zero-order chi connectivity index (χ0) is 33.9. The number of hydrogen-bond donors (Lipinski definition) is 0. The second-order valence-corrected chi connectivity index (χ2v) is 15.6. The van der Waals surface area contributed by atoms with Gasteiger partial charge in [-0.1, -0.05) is 0 Å². The Balaban J connectivity index is 1.50. The monoisotopic (exact) mass is 855 g/mol. The van der Waals surface area contributed by atoms with Crippen molar-refractivity contribution in [2.45, 2.75) is 38.0 Å². The number of rotatable bonds is 8. The van der Waals surface area contributed by atoms with Gasteiger partial charge in [-0.2, -0.15) is 0 Å². The molecule has 254 valence electrons. The van der Waals surface area contributed by atoms with Crippen molar-refractivity contribution in [3.63, 3.8) is 0 Å². The first-order valence-corrected chi connectivity index (χ1v) is 21.3. The maximum absolute atomic E-state index is 7.21. The predicted octanol–water partition coefficient (Wildman–Crippen LogP) is 11.2. The van der Waals surface area contributed by atoms with Crippen LogP contribution < -0.4 is 4.90 Å². The number of benzene rings is 5. The van der Waals surface area contributed by atoms with Crippen LogP contribution in [0.3, 0.4) is 0 Å². The minimum absolute atomic E-state index is 0.00941. The average molecular weight is 856 g/mol. The Kier molecular flexibility index (Phi) is 9.74. The fourth-order valence-corrected chi connectivity index (χ4v) is 10.1. The normalized spacial score (nSPS) is 14.2. The van der Waals surface area contributed by atoms with Crippen molar-refractivity contribution in [3.8, 4) is 5.69 Å². The quantitative estimate of drug-likeness (QED) is 0.110. The van der Waals surface area contributed by atoms with Crippen LogP contribution in [0.25, 0.3) is 11.2 Å². The van der Waals surface area contributed by atoms with Crippen LogP contribution in [0.1, 0.15) is 70.0 Å². The summed E-state index contributed by atoms with van der Waals surface area (Å²) in [5.74, 6) is 1.26. The average Bonchev–Trinajstić information content (AvgIpc) is 3.55. The van der Waals surface area contributed by atoms with Gasteiger partial charge in [0.25, 0.3) is 0 Å². The summed E-state index contributed by atoms with van der Waals surface area (Å²) < 4.78 is 6.08. The van der Waals surface area contributed by atoms with E-state index in [9.17, 15) is 0 Å². The number of anilines is 1. The van der Waals surface area contributed by atoms with E-state index in [0.29, 0.717) is 0 Å². The predicted molar refractivity (Wildman–Crippen MR) is 204 cm³/mol. The van der Waals surface area contributed by atoms with Crippen molar-refractivity contribution in [1.29, 1.82) is 0 Å². The molecule has 0 spiro atoms. The molecule has 5 heteroatoms. The van der Waals surface area contributed by atoms with E-state index >= 15 is 0 Å². The van der Waals surface area contributed by atoms with Crippen LogP contribution in [0, 0.1) is 10.6 Å². The molecule has 0 atom stereocenters. The van der Waals surface area contributed by atoms with Crippen LogP contribution in [0.5, 0.6) is 0 Å². The van der Waals surface area contributed by atoms with Crippen LogP contribution in [-0.4, -0.2) is 22.1 Å². The zero-order valence-corrected chi connectivity index (χ0v) is 31.1. The summed E-state index contributed by atoms with van der Waals surface area (Å²) in [4.78, 5) is 2.56. The van der Waals surface area contributed by atoms with Crippen molar-refractivity contribution in [3.05, 3.63) is 200 Å². The third kappa shape index (κ3) is 6.36. The summed E-state index contributed by atoms with van der Waals surface area (Å²) in [7, 11) is 7.21. The molecule has 50 heavy (non-hydrogen) atoms. The molecule has 3 heterocycles. The third-order valence-corrected chi connectivity index (χ3v) is 12.3. The molecule has 0 unspecified atom stereocenters. The molecule has 1 fully saturated rings. The minimum atomic E-state index is -0.721. The summed E-state index contributed by atoms with van der Waals surface area (Å²) in [5, 5.41) is 0. The van der Waals surface area contributed by atoms with Gasteiger partial charge in [-0.3, -0.25) is 0 Å². The van der Waals surface area contributed by atoms with E-state index in [1.165, 1.54) is 75.2 Å². The number of aromatic nitrogens is 2. The summed E-state index contributed by atoms with van der Waals surface area (Å²) in [6.07, 6.45) is 6.09. The zero-order valence-electron chi connectivity index (χ0n) is 28.2. The number of piperidine rings is 1. The van der Waals surface area contributed by atoms with Gasteiger partial charge in [-0.25, -0.2) is 0 Å². The molecule has 1 aliphatic rings. The molecule has 0 N–H and O–H groups in total. The number of nitrogens with zero attached hydrogens (tertiary/aromatic N) is 3. The Labute approximate surface area is 308 Å². The van der Waals surface area contributed by atoms with Gasteiger partial charge in [-0.05, 0) is 0 Å². The molecule has 8 rings (SSSR count). The van der Waals surface area contributed by atoms with Crippen LogP contribution in [0.2, 0.25) is 0 Å². The number of imidazole rings is 1. The Bertz CT molecular complexity index is 2090. The van der Waals surface area contributed by atoms with Crippen LogP contribution in [0.15, 0.2) is 158 Å². The summed E-state index contributed by atoms with van der Waals surface area (Å²) in [6.45, 7) is 4.40. The standard InChI is InChI=1S/C45H41N3.Au.ClH/c1-34-30-40(43(35-18-7-2-8-19-35)36-20-9-3-10-21-36)45(41(31-34)44(37-22-11-4-12-23-37)38-24-13-5-14-25-38)47-32-39-26-17-27-42(48(39)33-47)46-28-15-6-16-29-46;;/h2-5,7-14,17-27,30-32,43-44H,6,15-16,28-29H2,1H3;;1H/q;+1;/p-1. The summed E-state index contributed by atoms with van der Waals surface area (Å²) in [6, 6.07) is 55.6. The molecule has 3 nitrogen and oxygen atoms in total. The van der Waals surface area contributed by atoms with E-state index in [4.69, 9.17) is 9.19 Å².